The third kappa shape index (κ3) is 4.29. The molecule has 0 N–H and O–H groups in total. The maximum absolute atomic E-state index is 13.2. The molecule has 3 aromatic carbocycles. The van der Waals surface area contributed by atoms with Gasteiger partial charge < -0.3 is 9.80 Å². The second-order valence-electron chi connectivity index (χ2n) is 8.52. The van der Waals surface area contributed by atoms with E-state index in [0.717, 1.165) is 11.3 Å². The van der Waals surface area contributed by atoms with Crippen molar-refractivity contribution in [1.82, 2.24) is 9.80 Å². The maximum Gasteiger partial charge on any atom is 0.261 e. The van der Waals surface area contributed by atoms with E-state index >= 15 is 0 Å². The molecule has 3 amide bonds. The van der Waals surface area contributed by atoms with E-state index in [1.165, 1.54) is 4.90 Å². The molecule has 172 valence electrons. The fourth-order valence-corrected chi connectivity index (χ4v) is 4.72. The van der Waals surface area contributed by atoms with Crippen molar-refractivity contribution in [3.63, 3.8) is 0 Å². The summed E-state index contributed by atoms with van der Waals surface area (Å²) >= 11 is 6.11. The summed E-state index contributed by atoms with van der Waals surface area (Å²) in [6.07, 6.45) is 0.592. The summed E-state index contributed by atoms with van der Waals surface area (Å²) in [4.78, 5) is 44.2. The number of nitrogens with zero attached hydrogens (tertiary/aromatic N) is 3. The smallest absolute Gasteiger partial charge is 0.261 e. The predicted molar refractivity (Wildman–Crippen MR) is 132 cm³/mol. The molecule has 3 aromatic rings. The van der Waals surface area contributed by atoms with E-state index in [2.05, 4.69) is 4.90 Å². The summed E-state index contributed by atoms with van der Waals surface area (Å²) in [6.45, 7) is 2.84. The van der Waals surface area contributed by atoms with Crippen molar-refractivity contribution >= 4 is 35.0 Å². The Balaban J connectivity index is 1.25. The first-order valence-corrected chi connectivity index (χ1v) is 11.7. The Kier molecular flexibility index (Phi) is 6.07. The lowest BCUT2D eigenvalue weighted by Gasteiger charge is -2.36. The second-order valence-corrected chi connectivity index (χ2v) is 8.95. The van der Waals surface area contributed by atoms with Gasteiger partial charge in [0.05, 0.1) is 11.1 Å². The molecule has 0 unspecified atom stereocenters. The molecule has 6 nitrogen and oxygen atoms in total. The van der Waals surface area contributed by atoms with Crippen molar-refractivity contribution in [3.8, 4) is 0 Å². The minimum atomic E-state index is -0.337. The molecule has 0 atom stereocenters. The van der Waals surface area contributed by atoms with Crippen LogP contribution in [-0.4, -0.2) is 60.2 Å². The largest absolute Gasteiger partial charge is 0.368 e. The second kappa shape index (κ2) is 9.31. The van der Waals surface area contributed by atoms with Crippen LogP contribution in [0, 0.1) is 0 Å². The Hall–Kier alpha value is -3.64. The summed E-state index contributed by atoms with van der Waals surface area (Å²) in [6, 6.07) is 22.3. The minimum Gasteiger partial charge on any atom is -0.368 e. The topological polar surface area (TPSA) is 60.9 Å². The van der Waals surface area contributed by atoms with Gasteiger partial charge in [0.2, 0.25) is 0 Å². The first-order valence-electron chi connectivity index (χ1n) is 11.4. The summed E-state index contributed by atoms with van der Waals surface area (Å²) in [7, 11) is 0. The van der Waals surface area contributed by atoms with Crippen LogP contribution in [0.5, 0.6) is 0 Å². The molecule has 5 rings (SSSR count). The van der Waals surface area contributed by atoms with Gasteiger partial charge in [-0.25, -0.2) is 0 Å². The standard InChI is InChI=1S/C27H24ClN3O3/c28-21-7-4-8-22(18-21)29-13-15-30(16-14-29)25(32)20-9-10-23-24(17-20)27(34)31(26(23)33)12-11-19-5-2-1-3-6-19/h1-10,17-18H,11-16H2. The Bertz CT molecular complexity index is 1250. The molecule has 2 aliphatic rings. The number of amides is 3. The van der Waals surface area contributed by atoms with Crippen LogP contribution < -0.4 is 4.90 Å². The Morgan fingerprint density at radius 2 is 1.53 bits per heavy atom. The van der Waals surface area contributed by atoms with Crippen LogP contribution in [-0.2, 0) is 6.42 Å². The first-order chi connectivity index (χ1) is 16.5. The number of hydrogen-bond acceptors (Lipinski definition) is 4. The normalized spacial score (nSPS) is 15.6. The molecule has 0 aliphatic carbocycles. The molecule has 0 radical (unpaired) electrons. The zero-order valence-electron chi connectivity index (χ0n) is 18.6. The Labute approximate surface area is 203 Å². The first kappa shape index (κ1) is 22.2. The molecule has 0 bridgehead atoms. The quantitative estimate of drug-likeness (QED) is 0.522. The number of carbonyl (C=O) groups is 3. The predicted octanol–water partition coefficient (Wildman–Crippen LogP) is 4.14. The Morgan fingerprint density at radius 1 is 0.794 bits per heavy atom. The van der Waals surface area contributed by atoms with E-state index in [9.17, 15) is 14.4 Å². The van der Waals surface area contributed by atoms with Gasteiger partial charge in [-0.15, -0.1) is 0 Å². The van der Waals surface area contributed by atoms with E-state index in [-0.39, 0.29) is 17.7 Å². The van der Waals surface area contributed by atoms with E-state index in [4.69, 9.17) is 11.6 Å². The molecule has 0 saturated carbocycles. The SMILES string of the molecule is O=C(c1ccc2c(c1)C(=O)N(CCc1ccccc1)C2=O)N1CCN(c2cccc(Cl)c2)CC1. The zero-order valence-corrected chi connectivity index (χ0v) is 19.4. The third-order valence-corrected chi connectivity index (χ3v) is 6.66. The monoisotopic (exact) mass is 473 g/mol. The number of rotatable bonds is 5. The molecule has 7 heteroatoms. The molecule has 0 spiro atoms. The van der Waals surface area contributed by atoms with Crippen LogP contribution in [0.25, 0.3) is 0 Å². The van der Waals surface area contributed by atoms with E-state index in [1.54, 1.807) is 23.1 Å². The highest BCUT2D eigenvalue weighted by Crippen LogP contribution is 2.26. The van der Waals surface area contributed by atoms with Gasteiger partial charge in [-0.2, -0.15) is 0 Å². The molecular weight excluding hydrogens is 450 g/mol. The van der Waals surface area contributed by atoms with Gasteiger partial charge in [0, 0.05) is 49.0 Å². The van der Waals surface area contributed by atoms with Crippen molar-refractivity contribution in [2.75, 3.05) is 37.6 Å². The van der Waals surface area contributed by atoms with Crippen molar-refractivity contribution in [2.24, 2.45) is 0 Å². The van der Waals surface area contributed by atoms with Crippen LogP contribution in [0.1, 0.15) is 36.6 Å². The van der Waals surface area contributed by atoms with E-state index < -0.39 is 0 Å². The number of piperazine rings is 1. The van der Waals surface area contributed by atoms with Gasteiger partial charge in [-0.05, 0) is 48.4 Å². The molecule has 34 heavy (non-hydrogen) atoms. The van der Waals surface area contributed by atoms with Gasteiger partial charge in [0.1, 0.15) is 0 Å². The van der Waals surface area contributed by atoms with Crippen LogP contribution in [0.2, 0.25) is 5.02 Å². The number of benzene rings is 3. The summed E-state index contributed by atoms with van der Waals surface area (Å²) in [5.74, 6) is -0.766. The van der Waals surface area contributed by atoms with Gasteiger partial charge >= 0.3 is 0 Å². The zero-order chi connectivity index (χ0) is 23.7. The number of imide groups is 1. The number of hydrogen-bond donors (Lipinski definition) is 0. The molecule has 1 saturated heterocycles. The van der Waals surface area contributed by atoms with E-state index in [0.29, 0.717) is 60.9 Å². The lowest BCUT2D eigenvalue weighted by Crippen LogP contribution is -2.48. The fraction of sp³-hybridized carbons (Fsp3) is 0.222. The van der Waals surface area contributed by atoms with Crippen LogP contribution in [0.15, 0.2) is 72.8 Å². The molecule has 1 fully saturated rings. The van der Waals surface area contributed by atoms with Crippen LogP contribution in [0.3, 0.4) is 0 Å². The minimum absolute atomic E-state index is 0.128. The van der Waals surface area contributed by atoms with Gasteiger partial charge in [-0.1, -0.05) is 48.0 Å². The summed E-state index contributed by atoms with van der Waals surface area (Å²) in [5.41, 5.74) is 3.20. The molecule has 2 aliphatic heterocycles. The van der Waals surface area contributed by atoms with Crippen LogP contribution >= 0.6 is 11.6 Å². The van der Waals surface area contributed by atoms with E-state index in [1.807, 2.05) is 54.6 Å². The summed E-state index contributed by atoms with van der Waals surface area (Å²) < 4.78 is 0. The molecular formula is C27H24ClN3O3. The lowest BCUT2D eigenvalue weighted by atomic mass is 10.0. The number of fused-ring (bicyclic) bond motifs is 1. The van der Waals surface area contributed by atoms with Gasteiger partial charge in [0.15, 0.2) is 0 Å². The third-order valence-electron chi connectivity index (χ3n) is 6.42. The molecule has 0 aromatic heterocycles. The summed E-state index contributed by atoms with van der Waals surface area (Å²) in [5, 5.41) is 0.686. The fourth-order valence-electron chi connectivity index (χ4n) is 4.54. The van der Waals surface area contributed by atoms with Crippen molar-refractivity contribution in [2.45, 2.75) is 6.42 Å². The highest BCUT2D eigenvalue weighted by molar-refractivity contribution is 6.30. The van der Waals surface area contributed by atoms with Crippen LogP contribution in [0.4, 0.5) is 5.69 Å². The van der Waals surface area contributed by atoms with Gasteiger partial charge in [-0.3, -0.25) is 19.3 Å². The van der Waals surface area contributed by atoms with Crippen molar-refractivity contribution in [1.29, 1.82) is 0 Å². The lowest BCUT2D eigenvalue weighted by molar-refractivity contribution is 0.0655. The molecule has 2 heterocycles. The highest BCUT2D eigenvalue weighted by atomic mass is 35.5. The number of anilines is 1. The number of halogens is 1. The average Bonchev–Trinajstić information content (AvgIpc) is 3.11. The van der Waals surface area contributed by atoms with Crippen molar-refractivity contribution in [3.05, 3.63) is 100 Å². The number of carbonyl (C=O) groups excluding carboxylic acids is 3. The average molecular weight is 474 g/mol. The maximum atomic E-state index is 13.2. The van der Waals surface area contributed by atoms with Gasteiger partial charge in [0.25, 0.3) is 17.7 Å². The van der Waals surface area contributed by atoms with Crippen molar-refractivity contribution < 1.29 is 14.4 Å². The highest BCUT2D eigenvalue weighted by Gasteiger charge is 2.36. The Morgan fingerprint density at radius 3 is 2.26 bits per heavy atom.